The lowest BCUT2D eigenvalue weighted by molar-refractivity contribution is 0.204. The Morgan fingerprint density at radius 2 is 2.29 bits per heavy atom. The zero-order valence-electron chi connectivity index (χ0n) is 9.13. The van der Waals surface area contributed by atoms with Crippen LogP contribution in [0.15, 0.2) is 5.10 Å². The Kier molecular flexibility index (Phi) is 3.13. The Morgan fingerprint density at radius 3 is 2.79 bits per heavy atom. The fraction of sp³-hybridized carbons (Fsp3) is 0.800. The summed E-state index contributed by atoms with van der Waals surface area (Å²) in [6.45, 7) is 6.77. The Morgan fingerprint density at radius 1 is 1.64 bits per heavy atom. The molecule has 0 heterocycles. The molecular weight excluding hydrogens is 178 g/mol. The highest BCUT2D eigenvalue weighted by Crippen LogP contribution is 2.38. The van der Waals surface area contributed by atoms with Gasteiger partial charge in [0.05, 0.1) is 0 Å². The molecule has 1 unspecified atom stereocenters. The number of urea groups is 1. The second-order valence-corrected chi connectivity index (χ2v) is 4.75. The van der Waals surface area contributed by atoms with Crippen LogP contribution in [-0.2, 0) is 0 Å². The van der Waals surface area contributed by atoms with Gasteiger partial charge in [-0.15, -0.1) is 0 Å². The molecular formula is C10H19N3O. The van der Waals surface area contributed by atoms with Gasteiger partial charge >= 0.3 is 6.03 Å². The average molecular weight is 197 g/mol. The lowest BCUT2D eigenvalue weighted by atomic mass is 9.69. The van der Waals surface area contributed by atoms with Gasteiger partial charge in [0.25, 0.3) is 0 Å². The second kappa shape index (κ2) is 3.98. The molecule has 0 aromatic carbocycles. The molecule has 1 saturated carbocycles. The number of hydrogen-bond acceptors (Lipinski definition) is 2. The molecule has 80 valence electrons. The Labute approximate surface area is 84.9 Å². The number of nitrogens with one attached hydrogen (secondary N) is 1. The average Bonchev–Trinajstić information content (AvgIpc) is 2.07. The number of hydrazone groups is 1. The van der Waals surface area contributed by atoms with Crippen LogP contribution >= 0.6 is 0 Å². The maximum atomic E-state index is 10.5. The molecule has 4 nitrogen and oxygen atoms in total. The lowest BCUT2D eigenvalue weighted by Crippen LogP contribution is -2.32. The van der Waals surface area contributed by atoms with E-state index in [0.29, 0.717) is 11.3 Å². The van der Waals surface area contributed by atoms with Crippen LogP contribution in [0.4, 0.5) is 4.79 Å². The predicted octanol–water partition coefficient (Wildman–Crippen LogP) is 1.86. The van der Waals surface area contributed by atoms with Crippen LogP contribution in [0, 0.1) is 11.3 Å². The fourth-order valence-corrected chi connectivity index (χ4v) is 1.68. The van der Waals surface area contributed by atoms with Crippen molar-refractivity contribution in [3.63, 3.8) is 0 Å². The molecule has 0 spiro atoms. The van der Waals surface area contributed by atoms with Crippen LogP contribution in [0.1, 0.15) is 40.0 Å². The first-order chi connectivity index (χ1) is 6.42. The van der Waals surface area contributed by atoms with Crippen LogP contribution in [0.2, 0.25) is 0 Å². The zero-order valence-corrected chi connectivity index (χ0v) is 9.13. The molecule has 1 atom stereocenters. The standard InChI is InChI=1S/C10H19N3O/c1-7-6-8(12-13-9(11)14)4-5-10(7,2)3/h7H,4-6H2,1-3H3,(H3,11,13,14)/b12-8-. The molecule has 0 bridgehead atoms. The van der Waals surface area contributed by atoms with Gasteiger partial charge in [0.15, 0.2) is 0 Å². The van der Waals surface area contributed by atoms with Gasteiger partial charge in [-0.25, -0.2) is 10.2 Å². The molecule has 4 heteroatoms. The maximum Gasteiger partial charge on any atom is 0.332 e. The Bertz CT molecular complexity index is 258. The summed E-state index contributed by atoms with van der Waals surface area (Å²) in [7, 11) is 0. The monoisotopic (exact) mass is 197 g/mol. The lowest BCUT2D eigenvalue weighted by Gasteiger charge is -2.36. The van der Waals surface area contributed by atoms with Crippen molar-refractivity contribution < 1.29 is 4.79 Å². The maximum absolute atomic E-state index is 10.5. The van der Waals surface area contributed by atoms with E-state index in [9.17, 15) is 4.79 Å². The summed E-state index contributed by atoms with van der Waals surface area (Å²) in [5.74, 6) is 0.602. The van der Waals surface area contributed by atoms with E-state index in [2.05, 4.69) is 31.3 Å². The van der Waals surface area contributed by atoms with Crippen LogP contribution < -0.4 is 11.2 Å². The van der Waals surface area contributed by atoms with E-state index in [1.807, 2.05) is 0 Å². The Hall–Kier alpha value is -1.06. The van der Waals surface area contributed by atoms with Gasteiger partial charge < -0.3 is 5.73 Å². The quantitative estimate of drug-likeness (QED) is 0.619. The minimum atomic E-state index is -0.588. The third-order valence-corrected chi connectivity index (χ3v) is 3.26. The molecule has 1 rings (SSSR count). The molecule has 1 fully saturated rings. The van der Waals surface area contributed by atoms with Crippen molar-refractivity contribution in [1.82, 2.24) is 5.43 Å². The predicted molar refractivity (Wildman–Crippen MR) is 57.0 cm³/mol. The van der Waals surface area contributed by atoms with Gasteiger partial charge in [0.1, 0.15) is 0 Å². The van der Waals surface area contributed by atoms with Crippen LogP contribution in [-0.4, -0.2) is 11.7 Å². The van der Waals surface area contributed by atoms with E-state index in [-0.39, 0.29) is 0 Å². The van der Waals surface area contributed by atoms with E-state index in [1.165, 1.54) is 0 Å². The topological polar surface area (TPSA) is 67.5 Å². The van der Waals surface area contributed by atoms with Crippen molar-refractivity contribution in [2.45, 2.75) is 40.0 Å². The molecule has 0 radical (unpaired) electrons. The molecule has 0 aromatic heterocycles. The summed E-state index contributed by atoms with van der Waals surface area (Å²) < 4.78 is 0. The SMILES string of the molecule is CC1C/C(=N\NC(N)=O)CCC1(C)C. The van der Waals surface area contributed by atoms with E-state index in [1.54, 1.807) is 0 Å². The number of primary amides is 1. The number of carbonyl (C=O) groups excluding carboxylic acids is 1. The molecule has 1 aliphatic rings. The molecule has 2 amide bonds. The highest BCUT2D eigenvalue weighted by Gasteiger charge is 2.31. The van der Waals surface area contributed by atoms with Gasteiger partial charge in [-0.05, 0) is 30.6 Å². The number of carbonyl (C=O) groups is 1. The molecule has 14 heavy (non-hydrogen) atoms. The third-order valence-electron chi connectivity index (χ3n) is 3.26. The number of rotatable bonds is 1. The number of hydrogen-bond donors (Lipinski definition) is 2. The first-order valence-electron chi connectivity index (χ1n) is 5.02. The van der Waals surface area contributed by atoms with Gasteiger partial charge in [-0.3, -0.25) is 0 Å². The van der Waals surface area contributed by atoms with Crippen molar-refractivity contribution in [3.05, 3.63) is 0 Å². The normalized spacial score (nSPS) is 28.8. The van der Waals surface area contributed by atoms with Gasteiger partial charge in [0.2, 0.25) is 0 Å². The van der Waals surface area contributed by atoms with Crippen molar-refractivity contribution in [2.75, 3.05) is 0 Å². The minimum Gasteiger partial charge on any atom is -0.350 e. The fourth-order valence-electron chi connectivity index (χ4n) is 1.68. The largest absolute Gasteiger partial charge is 0.350 e. The van der Waals surface area contributed by atoms with Crippen molar-refractivity contribution in [1.29, 1.82) is 0 Å². The van der Waals surface area contributed by atoms with Gasteiger partial charge in [-0.2, -0.15) is 5.10 Å². The molecule has 0 aliphatic heterocycles. The van der Waals surface area contributed by atoms with Crippen LogP contribution in [0.25, 0.3) is 0 Å². The smallest absolute Gasteiger partial charge is 0.332 e. The summed E-state index contributed by atoms with van der Waals surface area (Å²) in [4.78, 5) is 10.5. The summed E-state index contributed by atoms with van der Waals surface area (Å²) in [5.41, 5.74) is 8.66. The Balaban J connectivity index is 2.54. The first-order valence-corrected chi connectivity index (χ1v) is 5.02. The summed E-state index contributed by atoms with van der Waals surface area (Å²) in [5, 5.41) is 3.99. The van der Waals surface area contributed by atoms with Crippen molar-refractivity contribution >= 4 is 11.7 Å². The second-order valence-electron chi connectivity index (χ2n) is 4.75. The van der Waals surface area contributed by atoms with Crippen molar-refractivity contribution in [2.24, 2.45) is 22.2 Å². The summed E-state index contributed by atoms with van der Waals surface area (Å²) >= 11 is 0. The number of nitrogens with zero attached hydrogens (tertiary/aromatic N) is 1. The first kappa shape index (κ1) is 11.0. The highest BCUT2D eigenvalue weighted by atomic mass is 16.2. The molecule has 1 aliphatic carbocycles. The van der Waals surface area contributed by atoms with Crippen LogP contribution in [0.5, 0.6) is 0 Å². The number of nitrogens with two attached hydrogens (primary N) is 1. The molecule has 0 aromatic rings. The minimum absolute atomic E-state index is 0.381. The third kappa shape index (κ3) is 2.72. The van der Waals surface area contributed by atoms with Crippen LogP contribution in [0.3, 0.4) is 0 Å². The van der Waals surface area contributed by atoms with E-state index >= 15 is 0 Å². The summed E-state index contributed by atoms with van der Waals surface area (Å²) in [6.07, 6.45) is 3.03. The van der Waals surface area contributed by atoms with Gasteiger partial charge in [0, 0.05) is 5.71 Å². The summed E-state index contributed by atoms with van der Waals surface area (Å²) in [6, 6.07) is -0.588. The van der Waals surface area contributed by atoms with E-state index < -0.39 is 6.03 Å². The molecule has 0 saturated heterocycles. The highest BCUT2D eigenvalue weighted by molar-refractivity contribution is 5.86. The number of amides is 2. The van der Waals surface area contributed by atoms with Crippen molar-refractivity contribution in [3.8, 4) is 0 Å². The van der Waals surface area contributed by atoms with Gasteiger partial charge in [-0.1, -0.05) is 20.8 Å². The van der Waals surface area contributed by atoms with E-state index in [0.717, 1.165) is 25.0 Å². The molecule has 3 N–H and O–H groups in total. The van der Waals surface area contributed by atoms with E-state index in [4.69, 9.17) is 5.73 Å². The zero-order chi connectivity index (χ0) is 10.8.